The zero-order valence-corrected chi connectivity index (χ0v) is 11.7. The molecular formula is C10H11BrN2O4S. The molecule has 0 radical (unpaired) electrons. The van der Waals surface area contributed by atoms with Crippen molar-refractivity contribution in [1.29, 1.82) is 0 Å². The Morgan fingerprint density at radius 1 is 1.50 bits per heavy atom. The number of hydrogen-bond acceptors (Lipinski definition) is 4. The van der Waals surface area contributed by atoms with Crippen LogP contribution in [0.25, 0.3) is 0 Å². The molecule has 1 aliphatic rings. The molecule has 1 aromatic heterocycles. The number of sulfonamides is 1. The first kappa shape index (κ1) is 13.4. The zero-order chi connectivity index (χ0) is 13.3. The van der Waals surface area contributed by atoms with Crippen molar-refractivity contribution in [1.82, 2.24) is 9.29 Å². The molecule has 18 heavy (non-hydrogen) atoms. The number of rotatable bonds is 3. The first-order valence-corrected chi connectivity index (χ1v) is 7.51. The van der Waals surface area contributed by atoms with Gasteiger partial charge < -0.3 is 5.11 Å². The van der Waals surface area contributed by atoms with Gasteiger partial charge in [0.1, 0.15) is 10.9 Å². The Kier molecular flexibility index (Phi) is 3.69. The largest absolute Gasteiger partial charge is 0.480 e. The highest BCUT2D eigenvalue weighted by atomic mass is 79.9. The summed E-state index contributed by atoms with van der Waals surface area (Å²) in [5.74, 6) is -1.11. The summed E-state index contributed by atoms with van der Waals surface area (Å²) >= 11 is 3.15. The molecule has 0 spiro atoms. The van der Waals surface area contributed by atoms with Crippen LogP contribution in [0.2, 0.25) is 0 Å². The predicted molar refractivity (Wildman–Crippen MR) is 66.5 cm³/mol. The van der Waals surface area contributed by atoms with Crippen LogP contribution in [0.15, 0.2) is 27.8 Å². The van der Waals surface area contributed by atoms with Crippen LogP contribution in [0.5, 0.6) is 0 Å². The topological polar surface area (TPSA) is 87.6 Å². The van der Waals surface area contributed by atoms with E-state index in [-0.39, 0.29) is 11.4 Å². The summed E-state index contributed by atoms with van der Waals surface area (Å²) in [5.41, 5.74) is 0. The van der Waals surface area contributed by atoms with Gasteiger partial charge in [0.15, 0.2) is 0 Å². The van der Waals surface area contributed by atoms with Gasteiger partial charge in [-0.1, -0.05) is 0 Å². The third-order valence-electron chi connectivity index (χ3n) is 2.78. The van der Waals surface area contributed by atoms with Crippen LogP contribution in [0.1, 0.15) is 12.8 Å². The van der Waals surface area contributed by atoms with E-state index in [1.165, 1.54) is 18.5 Å². The van der Waals surface area contributed by atoms with Crippen molar-refractivity contribution in [2.24, 2.45) is 0 Å². The quantitative estimate of drug-likeness (QED) is 0.893. The summed E-state index contributed by atoms with van der Waals surface area (Å²) in [4.78, 5) is 14.8. The summed E-state index contributed by atoms with van der Waals surface area (Å²) in [6.07, 6.45) is 3.59. The van der Waals surface area contributed by atoms with Crippen molar-refractivity contribution in [3.8, 4) is 0 Å². The number of hydrogen-bond donors (Lipinski definition) is 1. The van der Waals surface area contributed by atoms with Crippen LogP contribution in [0, 0.1) is 0 Å². The van der Waals surface area contributed by atoms with Gasteiger partial charge in [-0.2, -0.15) is 4.31 Å². The predicted octanol–water partition coefficient (Wildman–Crippen LogP) is 1.08. The average Bonchev–Trinajstić information content (AvgIpc) is 2.78. The Labute approximate surface area is 113 Å². The third-order valence-corrected chi connectivity index (χ3v) is 5.08. The molecule has 1 N–H and O–H groups in total. The molecule has 1 fully saturated rings. The van der Waals surface area contributed by atoms with E-state index in [1.807, 2.05) is 0 Å². The highest BCUT2D eigenvalue weighted by molar-refractivity contribution is 9.10. The van der Waals surface area contributed by atoms with Gasteiger partial charge in [-0.15, -0.1) is 0 Å². The standard InChI is InChI=1S/C10H11BrN2O4S/c11-7-4-8(6-12-5-7)18(16,17)13-3-1-2-9(13)10(14)15/h4-6,9H,1-3H2,(H,14,15)/t9-/m0/s1. The zero-order valence-electron chi connectivity index (χ0n) is 9.28. The second kappa shape index (κ2) is 4.94. The third kappa shape index (κ3) is 2.40. The van der Waals surface area contributed by atoms with E-state index in [1.54, 1.807) is 0 Å². The molecule has 0 amide bonds. The Morgan fingerprint density at radius 2 is 2.22 bits per heavy atom. The van der Waals surface area contributed by atoms with Crippen LogP contribution in [0.3, 0.4) is 0 Å². The lowest BCUT2D eigenvalue weighted by Crippen LogP contribution is -2.40. The highest BCUT2D eigenvalue weighted by Crippen LogP contribution is 2.26. The van der Waals surface area contributed by atoms with Crippen LogP contribution in [0.4, 0.5) is 0 Å². The van der Waals surface area contributed by atoms with Crippen molar-refractivity contribution in [3.05, 3.63) is 22.9 Å². The van der Waals surface area contributed by atoms with Gasteiger partial charge in [0.25, 0.3) is 0 Å². The second-order valence-electron chi connectivity index (χ2n) is 3.95. The molecule has 2 rings (SSSR count). The lowest BCUT2D eigenvalue weighted by Gasteiger charge is -2.20. The lowest BCUT2D eigenvalue weighted by molar-refractivity contribution is -0.140. The van der Waals surface area contributed by atoms with Crippen LogP contribution < -0.4 is 0 Å². The van der Waals surface area contributed by atoms with Gasteiger partial charge in [0.2, 0.25) is 10.0 Å². The molecule has 0 unspecified atom stereocenters. The number of aromatic nitrogens is 1. The minimum atomic E-state index is -3.80. The first-order valence-electron chi connectivity index (χ1n) is 5.28. The van der Waals surface area contributed by atoms with E-state index in [4.69, 9.17) is 5.11 Å². The van der Waals surface area contributed by atoms with Gasteiger partial charge in [-0.05, 0) is 34.8 Å². The molecule has 1 aromatic rings. The monoisotopic (exact) mass is 334 g/mol. The average molecular weight is 335 g/mol. The molecule has 6 nitrogen and oxygen atoms in total. The fourth-order valence-corrected chi connectivity index (χ4v) is 4.10. The molecule has 0 bridgehead atoms. The molecule has 1 aliphatic heterocycles. The normalized spacial score (nSPS) is 21.1. The van der Waals surface area contributed by atoms with E-state index in [2.05, 4.69) is 20.9 Å². The van der Waals surface area contributed by atoms with Crippen LogP contribution in [-0.4, -0.2) is 41.4 Å². The summed E-state index contributed by atoms with van der Waals surface area (Å²) in [7, 11) is -3.80. The van der Waals surface area contributed by atoms with Gasteiger partial charge in [-0.25, -0.2) is 8.42 Å². The van der Waals surface area contributed by atoms with E-state index in [9.17, 15) is 13.2 Å². The fourth-order valence-electron chi connectivity index (χ4n) is 1.94. The van der Waals surface area contributed by atoms with E-state index < -0.39 is 22.0 Å². The number of carboxylic acids is 1. The van der Waals surface area contributed by atoms with Gasteiger partial charge >= 0.3 is 5.97 Å². The molecule has 8 heteroatoms. The number of carbonyl (C=O) groups is 1. The SMILES string of the molecule is O=C(O)[C@@H]1CCCN1S(=O)(=O)c1cncc(Br)c1. The summed E-state index contributed by atoms with van der Waals surface area (Å²) in [6.45, 7) is 0.228. The molecule has 0 aromatic carbocycles. The number of aliphatic carboxylic acids is 1. The first-order chi connectivity index (χ1) is 8.43. The van der Waals surface area contributed by atoms with Crippen molar-refractivity contribution < 1.29 is 18.3 Å². The lowest BCUT2D eigenvalue weighted by atomic mass is 10.2. The molecule has 0 saturated carbocycles. The highest BCUT2D eigenvalue weighted by Gasteiger charge is 2.39. The van der Waals surface area contributed by atoms with Gasteiger partial charge in [0, 0.05) is 23.4 Å². The molecular weight excluding hydrogens is 324 g/mol. The molecule has 1 saturated heterocycles. The Morgan fingerprint density at radius 3 is 2.83 bits per heavy atom. The van der Waals surface area contributed by atoms with Crippen molar-refractivity contribution in [2.75, 3.05) is 6.54 Å². The van der Waals surface area contributed by atoms with Gasteiger partial charge in [-0.3, -0.25) is 9.78 Å². The number of pyridine rings is 1. The van der Waals surface area contributed by atoms with E-state index >= 15 is 0 Å². The maximum absolute atomic E-state index is 12.3. The second-order valence-corrected chi connectivity index (χ2v) is 6.76. The molecule has 2 heterocycles. The van der Waals surface area contributed by atoms with E-state index in [0.29, 0.717) is 17.3 Å². The number of halogens is 1. The maximum atomic E-state index is 12.3. The summed E-state index contributed by atoms with van der Waals surface area (Å²) in [6, 6.07) is 0.438. The summed E-state index contributed by atoms with van der Waals surface area (Å²) in [5, 5.41) is 9.02. The van der Waals surface area contributed by atoms with E-state index in [0.717, 1.165) is 4.31 Å². The fraction of sp³-hybridized carbons (Fsp3) is 0.400. The number of nitrogens with zero attached hydrogens (tertiary/aromatic N) is 2. The molecule has 0 aliphatic carbocycles. The minimum absolute atomic E-state index is 0.00465. The maximum Gasteiger partial charge on any atom is 0.322 e. The smallest absolute Gasteiger partial charge is 0.322 e. The minimum Gasteiger partial charge on any atom is -0.480 e. The Hall–Kier alpha value is -0.990. The Bertz CT molecular complexity index is 575. The van der Waals surface area contributed by atoms with Crippen LogP contribution >= 0.6 is 15.9 Å². The Balaban J connectivity index is 2.40. The van der Waals surface area contributed by atoms with Gasteiger partial charge in [0.05, 0.1) is 0 Å². The van der Waals surface area contributed by atoms with Crippen molar-refractivity contribution in [2.45, 2.75) is 23.8 Å². The number of carboxylic acid groups (broad SMARTS) is 1. The van der Waals surface area contributed by atoms with Crippen molar-refractivity contribution >= 4 is 31.9 Å². The van der Waals surface area contributed by atoms with Crippen molar-refractivity contribution in [3.63, 3.8) is 0 Å². The summed E-state index contributed by atoms with van der Waals surface area (Å²) < 4.78 is 26.2. The molecule has 98 valence electrons. The molecule has 1 atom stereocenters. The van der Waals surface area contributed by atoms with Crippen LogP contribution in [-0.2, 0) is 14.8 Å².